The largest absolute Gasteiger partial charge is 0.437 e. The van der Waals surface area contributed by atoms with E-state index in [1.54, 1.807) is 6.07 Å². The molecule has 0 spiro atoms. The summed E-state index contributed by atoms with van der Waals surface area (Å²) >= 11 is 5.81. The number of pyridine rings is 1. The van der Waals surface area contributed by atoms with Gasteiger partial charge in [0, 0.05) is 17.1 Å². The molecule has 0 aliphatic heterocycles. The van der Waals surface area contributed by atoms with Crippen LogP contribution < -0.4 is 4.74 Å². The van der Waals surface area contributed by atoms with Gasteiger partial charge in [-0.15, -0.1) is 0 Å². The molecule has 0 saturated carbocycles. The fourth-order valence-corrected chi connectivity index (χ4v) is 1.92. The lowest BCUT2D eigenvalue weighted by atomic mass is 10.2. The van der Waals surface area contributed by atoms with Crippen molar-refractivity contribution in [2.75, 3.05) is 0 Å². The number of hydrogen-bond donors (Lipinski definition) is 0. The van der Waals surface area contributed by atoms with Crippen LogP contribution in [0.1, 0.15) is 5.69 Å². The summed E-state index contributed by atoms with van der Waals surface area (Å²) in [6.45, 7) is 1.94. The van der Waals surface area contributed by atoms with E-state index in [0.717, 1.165) is 16.6 Å². The van der Waals surface area contributed by atoms with Gasteiger partial charge in [0.1, 0.15) is 17.0 Å². The van der Waals surface area contributed by atoms with Crippen LogP contribution in [0.2, 0.25) is 5.15 Å². The molecule has 0 atom stereocenters. The molecule has 0 aliphatic rings. The van der Waals surface area contributed by atoms with Crippen LogP contribution in [-0.4, -0.2) is 15.0 Å². The van der Waals surface area contributed by atoms with Crippen molar-refractivity contribution in [3.63, 3.8) is 0 Å². The molecule has 1 aromatic carbocycles. The lowest BCUT2D eigenvalue weighted by Gasteiger charge is -2.07. The summed E-state index contributed by atoms with van der Waals surface area (Å²) in [5, 5.41) is 1.36. The van der Waals surface area contributed by atoms with Gasteiger partial charge < -0.3 is 4.74 Å². The number of fused-ring (bicyclic) bond motifs is 1. The monoisotopic (exact) mass is 271 g/mol. The van der Waals surface area contributed by atoms with Crippen LogP contribution in [0.25, 0.3) is 10.9 Å². The van der Waals surface area contributed by atoms with Crippen LogP contribution in [0, 0.1) is 6.92 Å². The summed E-state index contributed by atoms with van der Waals surface area (Å²) in [6, 6.07) is 11.3. The van der Waals surface area contributed by atoms with E-state index in [2.05, 4.69) is 15.0 Å². The molecule has 5 heteroatoms. The summed E-state index contributed by atoms with van der Waals surface area (Å²) in [5.41, 5.74) is 1.74. The summed E-state index contributed by atoms with van der Waals surface area (Å²) in [5.74, 6) is 1.05. The second kappa shape index (κ2) is 4.82. The fourth-order valence-electron chi connectivity index (χ4n) is 1.79. The highest BCUT2D eigenvalue weighted by atomic mass is 35.5. The minimum atomic E-state index is 0.342. The first kappa shape index (κ1) is 11.9. The molecule has 4 nitrogen and oxygen atoms in total. The van der Waals surface area contributed by atoms with Crippen molar-refractivity contribution in [2.24, 2.45) is 0 Å². The molecule has 0 amide bonds. The second-order valence-corrected chi connectivity index (χ2v) is 4.45. The van der Waals surface area contributed by atoms with Gasteiger partial charge in [0.2, 0.25) is 5.88 Å². The highest BCUT2D eigenvalue weighted by Crippen LogP contribution is 2.28. The average Bonchev–Trinajstić information content (AvgIpc) is 2.39. The summed E-state index contributed by atoms with van der Waals surface area (Å²) in [7, 11) is 0. The maximum atomic E-state index is 5.81. The van der Waals surface area contributed by atoms with Crippen LogP contribution >= 0.6 is 11.6 Å². The quantitative estimate of drug-likeness (QED) is 0.666. The highest BCUT2D eigenvalue weighted by molar-refractivity contribution is 6.29. The van der Waals surface area contributed by atoms with Crippen molar-refractivity contribution in [1.29, 1.82) is 0 Å². The average molecular weight is 272 g/mol. The topological polar surface area (TPSA) is 47.9 Å². The third-order valence-corrected chi connectivity index (χ3v) is 2.85. The zero-order valence-corrected chi connectivity index (χ0v) is 10.9. The van der Waals surface area contributed by atoms with Gasteiger partial charge in [0.05, 0.1) is 0 Å². The van der Waals surface area contributed by atoms with Crippen molar-refractivity contribution in [3.05, 3.63) is 53.6 Å². The van der Waals surface area contributed by atoms with Gasteiger partial charge in [0.25, 0.3) is 0 Å². The van der Waals surface area contributed by atoms with Gasteiger partial charge in [-0.2, -0.15) is 0 Å². The predicted octanol–water partition coefficient (Wildman–Crippen LogP) is 3.78. The van der Waals surface area contributed by atoms with Gasteiger partial charge >= 0.3 is 0 Å². The molecular formula is C14H10ClN3O. The molecule has 3 rings (SSSR count). The molecule has 0 fully saturated rings. The minimum absolute atomic E-state index is 0.342. The van der Waals surface area contributed by atoms with Gasteiger partial charge in [-0.05, 0) is 19.1 Å². The standard InChI is InChI=1S/C14H10ClN3O/c1-9-5-6-10-3-2-4-11(14(10)18-9)19-13-7-12(15)16-8-17-13/h2-8H,1H3. The molecule has 2 aromatic heterocycles. The number of ether oxygens (including phenoxy) is 1. The molecule has 3 aromatic rings. The van der Waals surface area contributed by atoms with E-state index in [0.29, 0.717) is 16.8 Å². The van der Waals surface area contributed by atoms with Crippen molar-refractivity contribution in [1.82, 2.24) is 15.0 Å². The number of rotatable bonds is 2. The highest BCUT2D eigenvalue weighted by Gasteiger charge is 2.06. The van der Waals surface area contributed by atoms with Crippen LogP contribution in [-0.2, 0) is 0 Å². The normalized spacial score (nSPS) is 10.6. The molecule has 0 saturated heterocycles. The summed E-state index contributed by atoms with van der Waals surface area (Å²) < 4.78 is 5.73. The van der Waals surface area contributed by atoms with Crippen LogP contribution in [0.4, 0.5) is 0 Å². The maximum absolute atomic E-state index is 5.81. The van der Waals surface area contributed by atoms with E-state index in [4.69, 9.17) is 16.3 Å². The molecule has 0 radical (unpaired) electrons. The molecule has 19 heavy (non-hydrogen) atoms. The number of benzene rings is 1. The lowest BCUT2D eigenvalue weighted by molar-refractivity contribution is 0.465. The molecule has 0 N–H and O–H groups in total. The predicted molar refractivity (Wildman–Crippen MR) is 73.6 cm³/mol. The number of nitrogens with zero attached hydrogens (tertiary/aromatic N) is 3. The van der Waals surface area contributed by atoms with Crippen LogP contribution in [0.3, 0.4) is 0 Å². The van der Waals surface area contributed by atoms with E-state index < -0.39 is 0 Å². The van der Waals surface area contributed by atoms with E-state index >= 15 is 0 Å². The maximum Gasteiger partial charge on any atom is 0.223 e. The Morgan fingerprint density at radius 1 is 1.11 bits per heavy atom. The van der Waals surface area contributed by atoms with E-state index in [9.17, 15) is 0 Å². The van der Waals surface area contributed by atoms with Crippen molar-refractivity contribution < 1.29 is 4.74 Å². The van der Waals surface area contributed by atoms with Crippen molar-refractivity contribution in [2.45, 2.75) is 6.92 Å². The summed E-state index contributed by atoms with van der Waals surface area (Å²) in [6.07, 6.45) is 1.36. The smallest absolute Gasteiger partial charge is 0.223 e. The van der Waals surface area contributed by atoms with Crippen LogP contribution in [0.5, 0.6) is 11.6 Å². The lowest BCUT2D eigenvalue weighted by Crippen LogP contribution is -1.92. The molecule has 0 unspecified atom stereocenters. The zero-order valence-electron chi connectivity index (χ0n) is 10.2. The number of hydrogen-bond acceptors (Lipinski definition) is 4. The van der Waals surface area contributed by atoms with E-state index in [1.165, 1.54) is 6.33 Å². The van der Waals surface area contributed by atoms with Gasteiger partial charge in [-0.25, -0.2) is 15.0 Å². The Labute approximate surface area is 115 Å². The Bertz CT molecular complexity index is 746. The fraction of sp³-hybridized carbons (Fsp3) is 0.0714. The molecular weight excluding hydrogens is 262 g/mol. The molecule has 2 heterocycles. The number of para-hydroxylation sites is 1. The third kappa shape index (κ3) is 2.48. The molecule has 94 valence electrons. The van der Waals surface area contributed by atoms with Crippen molar-refractivity contribution in [3.8, 4) is 11.6 Å². The first-order chi connectivity index (χ1) is 9.22. The first-order valence-electron chi connectivity index (χ1n) is 5.74. The Morgan fingerprint density at radius 3 is 2.84 bits per heavy atom. The second-order valence-electron chi connectivity index (χ2n) is 4.06. The zero-order chi connectivity index (χ0) is 13.2. The van der Waals surface area contributed by atoms with E-state index in [1.807, 2.05) is 37.3 Å². The Balaban J connectivity index is 2.07. The minimum Gasteiger partial charge on any atom is -0.437 e. The van der Waals surface area contributed by atoms with Gasteiger partial charge in [-0.3, -0.25) is 0 Å². The SMILES string of the molecule is Cc1ccc2cccc(Oc3cc(Cl)ncn3)c2n1. The number of aromatic nitrogens is 3. The van der Waals surface area contributed by atoms with Gasteiger partial charge in [-0.1, -0.05) is 29.8 Å². The summed E-state index contributed by atoms with van der Waals surface area (Å²) in [4.78, 5) is 12.3. The Hall–Kier alpha value is -2.20. The Morgan fingerprint density at radius 2 is 2.00 bits per heavy atom. The van der Waals surface area contributed by atoms with Gasteiger partial charge in [0.15, 0.2) is 5.75 Å². The number of halogens is 1. The first-order valence-corrected chi connectivity index (χ1v) is 6.12. The molecule has 0 aliphatic carbocycles. The van der Waals surface area contributed by atoms with Crippen LogP contribution in [0.15, 0.2) is 42.7 Å². The number of aryl methyl sites for hydroxylation is 1. The molecule has 0 bridgehead atoms. The Kier molecular flexibility index (Phi) is 3.01. The van der Waals surface area contributed by atoms with Crippen molar-refractivity contribution >= 4 is 22.5 Å². The van der Waals surface area contributed by atoms with E-state index in [-0.39, 0.29) is 0 Å². The third-order valence-electron chi connectivity index (χ3n) is 2.65.